The Balaban J connectivity index is 2.31. The Kier molecular flexibility index (Phi) is 6.29. The highest BCUT2D eigenvalue weighted by Gasteiger charge is 2.35. The largest absolute Gasteiger partial charge is 0.449 e. The highest BCUT2D eigenvalue weighted by Crippen LogP contribution is 2.38. The Labute approximate surface area is 103 Å². The molecule has 0 aromatic heterocycles. The van der Waals surface area contributed by atoms with Crippen LogP contribution in [0, 0.1) is 5.41 Å². The van der Waals surface area contributed by atoms with Crippen molar-refractivity contribution in [1.82, 2.24) is 5.32 Å². The van der Waals surface area contributed by atoms with E-state index in [1.807, 2.05) is 0 Å². The van der Waals surface area contributed by atoms with Gasteiger partial charge in [-0.3, -0.25) is 0 Å². The minimum atomic E-state index is -0.367. The monoisotopic (exact) mass is 245 g/mol. The van der Waals surface area contributed by atoms with Gasteiger partial charge in [0.1, 0.15) is 6.61 Å². The standard InChI is InChI=1S/C12H23NO4/c1-13-11(14)17-10-12(5-3-4-6-12)9-16-8-7-15-2/h3-10H2,1-2H3,(H,13,14). The number of nitrogens with one attached hydrogen (secondary N) is 1. The molecule has 100 valence electrons. The van der Waals surface area contributed by atoms with Gasteiger partial charge in [-0.25, -0.2) is 4.79 Å². The predicted octanol–water partition coefficient (Wildman–Crippen LogP) is 1.57. The quantitative estimate of drug-likeness (QED) is 0.692. The van der Waals surface area contributed by atoms with E-state index in [-0.39, 0.29) is 11.5 Å². The van der Waals surface area contributed by atoms with Gasteiger partial charge in [0.05, 0.1) is 19.8 Å². The molecule has 0 heterocycles. The third-order valence-corrected chi connectivity index (χ3v) is 3.22. The molecule has 0 saturated heterocycles. The Hall–Kier alpha value is -0.810. The summed E-state index contributed by atoms with van der Waals surface area (Å²) in [5.41, 5.74) is 0.0141. The van der Waals surface area contributed by atoms with E-state index in [1.54, 1.807) is 14.2 Å². The topological polar surface area (TPSA) is 56.8 Å². The molecule has 0 aromatic carbocycles. The second-order valence-electron chi connectivity index (χ2n) is 4.58. The SMILES string of the molecule is CNC(=O)OCC1(COCCOC)CCCC1. The molecular weight excluding hydrogens is 222 g/mol. The minimum absolute atomic E-state index is 0.0141. The van der Waals surface area contributed by atoms with Crippen LogP contribution in [-0.2, 0) is 14.2 Å². The van der Waals surface area contributed by atoms with Crippen molar-refractivity contribution in [3.05, 3.63) is 0 Å². The molecule has 1 fully saturated rings. The Morgan fingerprint density at radius 3 is 2.53 bits per heavy atom. The molecule has 0 radical (unpaired) electrons. The van der Waals surface area contributed by atoms with Crippen molar-refractivity contribution in [3.63, 3.8) is 0 Å². The van der Waals surface area contributed by atoms with Crippen LogP contribution in [0.3, 0.4) is 0 Å². The summed E-state index contributed by atoms with van der Waals surface area (Å²) in [6.07, 6.45) is 4.14. The molecule has 1 aliphatic rings. The first kappa shape index (κ1) is 14.3. The maximum atomic E-state index is 11.1. The van der Waals surface area contributed by atoms with Gasteiger partial charge in [0, 0.05) is 19.6 Å². The van der Waals surface area contributed by atoms with Crippen molar-refractivity contribution in [3.8, 4) is 0 Å². The molecular formula is C12H23NO4. The molecule has 1 saturated carbocycles. The zero-order valence-corrected chi connectivity index (χ0v) is 10.8. The van der Waals surface area contributed by atoms with Crippen LogP contribution >= 0.6 is 0 Å². The van der Waals surface area contributed by atoms with Crippen molar-refractivity contribution >= 4 is 6.09 Å². The molecule has 0 atom stereocenters. The number of hydrogen-bond donors (Lipinski definition) is 1. The van der Waals surface area contributed by atoms with Crippen molar-refractivity contribution in [2.24, 2.45) is 5.41 Å². The first-order chi connectivity index (χ1) is 8.22. The summed E-state index contributed by atoms with van der Waals surface area (Å²) >= 11 is 0. The molecule has 0 aliphatic heterocycles. The van der Waals surface area contributed by atoms with Gasteiger partial charge in [0.15, 0.2) is 0 Å². The summed E-state index contributed by atoms with van der Waals surface area (Å²) in [6, 6.07) is 0. The highest BCUT2D eigenvalue weighted by molar-refractivity contribution is 5.66. The fourth-order valence-electron chi connectivity index (χ4n) is 2.18. The summed E-state index contributed by atoms with van der Waals surface area (Å²) in [7, 11) is 3.22. The van der Waals surface area contributed by atoms with Gasteiger partial charge >= 0.3 is 6.09 Å². The molecule has 0 unspecified atom stereocenters. The summed E-state index contributed by atoms with van der Waals surface area (Å²) in [5.74, 6) is 0. The average Bonchev–Trinajstić information content (AvgIpc) is 2.81. The van der Waals surface area contributed by atoms with Crippen LogP contribution in [-0.4, -0.2) is 46.7 Å². The third-order valence-electron chi connectivity index (χ3n) is 3.22. The van der Waals surface area contributed by atoms with Gasteiger partial charge in [0.2, 0.25) is 0 Å². The number of alkyl carbamates (subject to hydrolysis) is 1. The number of carbonyl (C=O) groups is 1. The Morgan fingerprint density at radius 2 is 1.94 bits per heavy atom. The van der Waals surface area contributed by atoms with E-state index < -0.39 is 0 Å². The van der Waals surface area contributed by atoms with Gasteiger partial charge in [-0.15, -0.1) is 0 Å². The van der Waals surface area contributed by atoms with Crippen LogP contribution in [0.15, 0.2) is 0 Å². The lowest BCUT2D eigenvalue weighted by Gasteiger charge is -2.27. The van der Waals surface area contributed by atoms with E-state index in [1.165, 1.54) is 12.8 Å². The van der Waals surface area contributed by atoms with E-state index in [0.717, 1.165) is 12.8 Å². The highest BCUT2D eigenvalue weighted by atomic mass is 16.6. The number of carbonyl (C=O) groups excluding carboxylic acids is 1. The molecule has 0 bridgehead atoms. The van der Waals surface area contributed by atoms with Crippen LogP contribution in [0.5, 0.6) is 0 Å². The van der Waals surface area contributed by atoms with Crippen molar-refractivity contribution < 1.29 is 19.0 Å². The van der Waals surface area contributed by atoms with E-state index >= 15 is 0 Å². The zero-order chi connectivity index (χ0) is 12.6. The van der Waals surface area contributed by atoms with Crippen molar-refractivity contribution in [2.45, 2.75) is 25.7 Å². The molecule has 1 rings (SSSR count). The molecule has 5 nitrogen and oxygen atoms in total. The normalized spacial score (nSPS) is 18.0. The maximum absolute atomic E-state index is 11.1. The molecule has 17 heavy (non-hydrogen) atoms. The summed E-state index contributed by atoms with van der Waals surface area (Å²) in [6.45, 7) is 2.29. The van der Waals surface area contributed by atoms with Crippen LogP contribution in [0.2, 0.25) is 0 Å². The first-order valence-electron chi connectivity index (χ1n) is 6.14. The lowest BCUT2D eigenvalue weighted by Crippen LogP contribution is -2.33. The summed E-state index contributed by atoms with van der Waals surface area (Å²) < 4.78 is 15.7. The Morgan fingerprint density at radius 1 is 1.24 bits per heavy atom. The number of methoxy groups -OCH3 is 1. The predicted molar refractivity (Wildman–Crippen MR) is 64.0 cm³/mol. The second kappa shape index (κ2) is 7.50. The first-order valence-corrected chi connectivity index (χ1v) is 6.14. The van der Waals surface area contributed by atoms with Crippen LogP contribution < -0.4 is 5.32 Å². The number of amides is 1. The van der Waals surface area contributed by atoms with E-state index in [9.17, 15) is 4.79 Å². The molecule has 1 aliphatic carbocycles. The molecule has 5 heteroatoms. The lowest BCUT2D eigenvalue weighted by molar-refractivity contribution is -0.0124. The van der Waals surface area contributed by atoms with Gasteiger partial charge in [-0.05, 0) is 12.8 Å². The van der Waals surface area contributed by atoms with Gasteiger partial charge in [-0.1, -0.05) is 12.8 Å². The van der Waals surface area contributed by atoms with Crippen molar-refractivity contribution in [1.29, 1.82) is 0 Å². The lowest BCUT2D eigenvalue weighted by atomic mass is 9.88. The second-order valence-corrected chi connectivity index (χ2v) is 4.58. The number of rotatable bonds is 7. The van der Waals surface area contributed by atoms with E-state index in [4.69, 9.17) is 14.2 Å². The summed E-state index contributed by atoms with van der Waals surface area (Å²) in [5, 5.41) is 2.46. The smallest absolute Gasteiger partial charge is 0.406 e. The molecule has 1 N–H and O–H groups in total. The number of hydrogen-bond acceptors (Lipinski definition) is 4. The Bertz CT molecular complexity index is 227. The van der Waals surface area contributed by atoms with Gasteiger partial charge in [0.25, 0.3) is 0 Å². The van der Waals surface area contributed by atoms with Crippen LogP contribution in [0.25, 0.3) is 0 Å². The minimum Gasteiger partial charge on any atom is -0.449 e. The molecule has 0 spiro atoms. The van der Waals surface area contributed by atoms with E-state index in [0.29, 0.717) is 26.4 Å². The third kappa shape index (κ3) is 4.91. The molecule has 1 amide bonds. The fraction of sp³-hybridized carbons (Fsp3) is 0.917. The maximum Gasteiger partial charge on any atom is 0.406 e. The molecule has 0 aromatic rings. The average molecular weight is 245 g/mol. The fourth-order valence-corrected chi connectivity index (χ4v) is 2.18. The van der Waals surface area contributed by atoms with Gasteiger partial charge in [-0.2, -0.15) is 0 Å². The van der Waals surface area contributed by atoms with Crippen LogP contribution in [0.4, 0.5) is 4.79 Å². The van der Waals surface area contributed by atoms with Crippen molar-refractivity contribution in [2.75, 3.05) is 40.6 Å². The van der Waals surface area contributed by atoms with E-state index in [2.05, 4.69) is 5.32 Å². The summed E-state index contributed by atoms with van der Waals surface area (Å²) in [4.78, 5) is 11.1. The number of ether oxygens (including phenoxy) is 3. The van der Waals surface area contributed by atoms with Gasteiger partial charge < -0.3 is 19.5 Å². The van der Waals surface area contributed by atoms with Crippen LogP contribution in [0.1, 0.15) is 25.7 Å². The zero-order valence-electron chi connectivity index (χ0n) is 10.8.